The molecule has 1 aromatic rings. The summed E-state index contributed by atoms with van der Waals surface area (Å²) in [6.45, 7) is 5.23. The molecule has 1 nitrogen and oxygen atoms in total. The van der Waals surface area contributed by atoms with Crippen LogP contribution in [0.3, 0.4) is 0 Å². The SMILES string of the molecule is CCCCCCC[C@H]1CC[C@H](c2ccc(OCCC[C@H]3CC[C@H](CCC)CC3)c(F)c2)CC1. The lowest BCUT2D eigenvalue weighted by Crippen LogP contribution is -2.15. The van der Waals surface area contributed by atoms with Crippen LogP contribution in [0.2, 0.25) is 0 Å². The van der Waals surface area contributed by atoms with Crippen molar-refractivity contribution in [3.63, 3.8) is 0 Å². The van der Waals surface area contributed by atoms with Crippen LogP contribution in [0.4, 0.5) is 4.39 Å². The number of rotatable bonds is 14. The van der Waals surface area contributed by atoms with Crippen molar-refractivity contribution in [1.29, 1.82) is 0 Å². The van der Waals surface area contributed by atoms with Gasteiger partial charge in [0.05, 0.1) is 6.61 Å². The Balaban J connectivity index is 1.31. The van der Waals surface area contributed by atoms with Crippen molar-refractivity contribution < 1.29 is 9.13 Å². The lowest BCUT2D eigenvalue weighted by atomic mass is 9.77. The van der Waals surface area contributed by atoms with Gasteiger partial charge in [-0.25, -0.2) is 4.39 Å². The van der Waals surface area contributed by atoms with Gasteiger partial charge in [-0.1, -0.05) is 97.0 Å². The first-order valence-corrected chi connectivity index (χ1v) is 14.6. The summed E-state index contributed by atoms with van der Waals surface area (Å²) in [4.78, 5) is 0. The van der Waals surface area contributed by atoms with Crippen molar-refractivity contribution in [3.8, 4) is 5.75 Å². The van der Waals surface area contributed by atoms with Gasteiger partial charge >= 0.3 is 0 Å². The van der Waals surface area contributed by atoms with Gasteiger partial charge in [0, 0.05) is 0 Å². The van der Waals surface area contributed by atoms with Crippen LogP contribution in [-0.4, -0.2) is 6.61 Å². The van der Waals surface area contributed by atoms with Crippen molar-refractivity contribution in [2.45, 2.75) is 135 Å². The van der Waals surface area contributed by atoms with Gasteiger partial charge in [-0.05, 0) is 79.9 Å². The molecule has 2 heteroatoms. The van der Waals surface area contributed by atoms with E-state index in [1.807, 2.05) is 6.07 Å². The predicted octanol–water partition coefficient (Wildman–Crippen LogP) is 10.2. The second kappa shape index (κ2) is 15.0. The Morgan fingerprint density at radius 3 is 1.94 bits per heavy atom. The van der Waals surface area contributed by atoms with Crippen molar-refractivity contribution >= 4 is 0 Å². The molecule has 0 bridgehead atoms. The Hall–Kier alpha value is -1.05. The first-order valence-electron chi connectivity index (χ1n) is 14.6. The molecule has 0 unspecified atom stereocenters. The average molecular weight is 459 g/mol. The molecule has 0 saturated heterocycles. The van der Waals surface area contributed by atoms with Crippen LogP contribution >= 0.6 is 0 Å². The molecule has 2 fully saturated rings. The Morgan fingerprint density at radius 1 is 0.697 bits per heavy atom. The molecule has 0 N–H and O–H groups in total. The normalized spacial score (nSPS) is 25.8. The second-order valence-corrected chi connectivity index (χ2v) is 11.3. The summed E-state index contributed by atoms with van der Waals surface area (Å²) in [5, 5.41) is 0. The summed E-state index contributed by atoms with van der Waals surface area (Å²) in [6.07, 6.45) is 24.0. The van der Waals surface area contributed by atoms with E-state index in [1.165, 1.54) is 115 Å². The largest absolute Gasteiger partial charge is 0.491 e. The molecular formula is C31H51FO. The van der Waals surface area contributed by atoms with Gasteiger partial charge < -0.3 is 4.74 Å². The number of unbranched alkanes of at least 4 members (excludes halogenated alkanes) is 4. The number of hydrogen-bond donors (Lipinski definition) is 0. The van der Waals surface area contributed by atoms with E-state index in [1.54, 1.807) is 6.07 Å². The topological polar surface area (TPSA) is 9.23 Å². The third-order valence-corrected chi connectivity index (χ3v) is 8.67. The molecule has 1 aromatic carbocycles. The highest BCUT2D eigenvalue weighted by Crippen LogP contribution is 2.39. The molecule has 188 valence electrons. The predicted molar refractivity (Wildman–Crippen MR) is 140 cm³/mol. The average Bonchev–Trinajstić information content (AvgIpc) is 2.84. The minimum Gasteiger partial charge on any atom is -0.491 e. The van der Waals surface area contributed by atoms with Gasteiger partial charge in [0.15, 0.2) is 11.6 Å². The Labute approximate surface area is 204 Å². The Morgan fingerprint density at radius 2 is 1.30 bits per heavy atom. The number of halogens is 1. The van der Waals surface area contributed by atoms with Crippen molar-refractivity contribution in [3.05, 3.63) is 29.6 Å². The number of benzene rings is 1. The maximum atomic E-state index is 14.7. The zero-order valence-corrected chi connectivity index (χ0v) is 21.8. The van der Waals surface area contributed by atoms with Crippen LogP contribution in [0.5, 0.6) is 5.75 Å². The molecule has 0 aliphatic heterocycles. The van der Waals surface area contributed by atoms with E-state index in [0.717, 1.165) is 24.2 Å². The summed E-state index contributed by atoms with van der Waals surface area (Å²) < 4.78 is 20.6. The number of ether oxygens (including phenoxy) is 1. The molecule has 2 aliphatic carbocycles. The molecule has 0 radical (unpaired) electrons. The van der Waals surface area contributed by atoms with Gasteiger partial charge in [-0.2, -0.15) is 0 Å². The van der Waals surface area contributed by atoms with E-state index < -0.39 is 0 Å². The van der Waals surface area contributed by atoms with E-state index in [2.05, 4.69) is 19.9 Å². The van der Waals surface area contributed by atoms with E-state index in [4.69, 9.17) is 4.74 Å². The molecule has 2 saturated carbocycles. The fourth-order valence-electron chi connectivity index (χ4n) is 6.48. The number of hydrogen-bond acceptors (Lipinski definition) is 1. The van der Waals surface area contributed by atoms with Crippen molar-refractivity contribution in [2.75, 3.05) is 6.61 Å². The van der Waals surface area contributed by atoms with Crippen LogP contribution in [0.1, 0.15) is 141 Å². The van der Waals surface area contributed by atoms with Crippen LogP contribution in [0, 0.1) is 23.6 Å². The minimum absolute atomic E-state index is 0.161. The minimum atomic E-state index is -0.161. The quantitative estimate of drug-likeness (QED) is 0.252. The molecule has 0 amide bonds. The Bertz CT molecular complexity index is 640. The monoisotopic (exact) mass is 458 g/mol. The van der Waals surface area contributed by atoms with E-state index >= 15 is 0 Å². The fourth-order valence-corrected chi connectivity index (χ4v) is 6.48. The van der Waals surface area contributed by atoms with E-state index in [0.29, 0.717) is 18.3 Å². The van der Waals surface area contributed by atoms with E-state index in [9.17, 15) is 4.39 Å². The molecular weight excluding hydrogens is 407 g/mol. The van der Waals surface area contributed by atoms with Crippen LogP contribution in [-0.2, 0) is 0 Å². The summed E-state index contributed by atoms with van der Waals surface area (Å²) in [7, 11) is 0. The molecule has 0 heterocycles. The van der Waals surface area contributed by atoms with Gasteiger partial charge in [0.2, 0.25) is 0 Å². The third kappa shape index (κ3) is 9.25. The lowest BCUT2D eigenvalue weighted by molar-refractivity contribution is 0.227. The van der Waals surface area contributed by atoms with E-state index in [-0.39, 0.29) is 5.82 Å². The second-order valence-electron chi connectivity index (χ2n) is 11.3. The van der Waals surface area contributed by atoms with Crippen LogP contribution in [0.15, 0.2) is 18.2 Å². The standard InChI is InChI=1S/C31H51FO/c1-3-5-6-7-8-11-26-17-19-28(20-18-26)29-21-22-31(30(32)24-29)33-23-9-12-27-15-13-25(10-4-2)14-16-27/h21-22,24-28H,3-20,23H2,1-2H3/t25-,26-,27-,28-. The maximum absolute atomic E-state index is 14.7. The third-order valence-electron chi connectivity index (χ3n) is 8.67. The Kier molecular flexibility index (Phi) is 12.1. The highest BCUT2D eigenvalue weighted by Gasteiger charge is 2.23. The van der Waals surface area contributed by atoms with Crippen LogP contribution < -0.4 is 4.74 Å². The molecule has 2 aliphatic rings. The molecule has 0 aromatic heterocycles. The van der Waals surface area contributed by atoms with Gasteiger partial charge in [-0.3, -0.25) is 0 Å². The van der Waals surface area contributed by atoms with Gasteiger partial charge in [0.1, 0.15) is 0 Å². The lowest BCUT2D eigenvalue weighted by Gasteiger charge is -2.29. The maximum Gasteiger partial charge on any atom is 0.165 e. The highest BCUT2D eigenvalue weighted by molar-refractivity contribution is 5.31. The van der Waals surface area contributed by atoms with Gasteiger partial charge in [0.25, 0.3) is 0 Å². The summed E-state index contributed by atoms with van der Waals surface area (Å²) in [5.74, 6) is 3.56. The molecule has 0 spiro atoms. The van der Waals surface area contributed by atoms with Crippen molar-refractivity contribution in [1.82, 2.24) is 0 Å². The first-order chi connectivity index (χ1) is 16.2. The molecule has 0 atom stereocenters. The smallest absolute Gasteiger partial charge is 0.165 e. The van der Waals surface area contributed by atoms with Crippen LogP contribution in [0.25, 0.3) is 0 Å². The zero-order chi connectivity index (χ0) is 23.3. The zero-order valence-electron chi connectivity index (χ0n) is 21.8. The highest BCUT2D eigenvalue weighted by atomic mass is 19.1. The fraction of sp³-hybridized carbons (Fsp3) is 0.806. The summed E-state index contributed by atoms with van der Waals surface area (Å²) in [5.41, 5.74) is 1.19. The van der Waals surface area contributed by atoms with Gasteiger partial charge in [-0.15, -0.1) is 0 Å². The van der Waals surface area contributed by atoms with Crippen molar-refractivity contribution in [2.24, 2.45) is 17.8 Å². The molecule has 3 rings (SSSR count). The first kappa shape index (κ1) is 26.6. The summed E-state index contributed by atoms with van der Waals surface area (Å²) >= 11 is 0. The summed E-state index contributed by atoms with van der Waals surface area (Å²) in [6, 6.07) is 5.78. The molecule has 33 heavy (non-hydrogen) atoms.